The Morgan fingerprint density at radius 1 is 0.846 bits per heavy atom. The standard InChI is InChI=1S/C21H17IN2O2/c1-24(19-8-3-2-4-9-19)21(26)15-10-12-18(13-11-15)23-20(25)16-6-5-7-17(22)14-16/h2-14H,1H3,(H,23,25). The molecule has 130 valence electrons. The van der Waals surface area contributed by atoms with Gasteiger partial charge in [-0.15, -0.1) is 0 Å². The number of nitrogens with zero attached hydrogens (tertiary/aromatic N) is 1. The van der Waals surface area contributed by atoms with Crippen LogP contribution in [0, 0.1) is 3.57 Å². The molecule has 2 amide bonds. The van der Waals surface area contributed by atoms with E-state index < -0.39 is 0 Å². The maximum Gasteiger partial charge on any atom is 0.258 e. The maximum absolute atomic E-state index is 12.6. The van der Waals surface area contributed by atoms with Gasteiger partial charge in [-0.05, 0) is 77.2 Å². The van der Waals surface area contributed by atoms with E-state index in [1.807, 2.05) is 48.5 Å². The van der Waals surface area contributed by atoms with Gasteiger partial charge in [0.05, 0.1) is 0 Å². The van der Waals surface area contributed by atoms with E-state index in [1.165, 1.54) is 0 Å². The molecule has 0 radical (unpaired) electrons. The van der Waals surface area contributed by atoms with E-state index in [0.29, 0.717) is 16.8 Å². The van der Waals surface area contributed by atoms with Crippen LogP contribution in [0.2, 0.25) is 0 Å². The Kier molecular flexibility index (Phi) is 5.68. The van der Waals surface area contributed by atoms with Gasteiger partial charge in [0.2, 0.25) is 0 Å². The number of carbonyl (C=O) groups is 2. The first kappa shape index (κ1) is 18.1. The Balaban J connectivity index is 1.70. The van der Waals surface area contributed by atoms with Crippen LogP contribution in [0.4, 0.5) is 11.4 Å². The quantitative estimate of drug-likeness (QED) is 0.573. The molecule has 0 aliphatic carbocycles. The highest BCUT2D eigenvalue weighted by molar-refractivity contribution is 14.1. The minimum atomic E-state index is -0.177. The van der Waals surface area contributed by atoms with Crippen LogP contribution in [0.15, 0.2) is 78.9 Å². The first-order valence-electron chi connectivity index (χ1n) is 8.05. The largest absolute Gasteiger partial charge is 0.322 e. The molecule has 0 unspecified atom stereocenters. The highest BCUT2D eigenvalue weighted by Crippen LogP contribution is 2.17. The Bertz CT molecular complexity index is 924. The number of benzene rings is 3. The van der Waals surface area contributed by atoms with Crippen molar-refractivity contribution in [1.82, 2.24) is 0 Å². The molecule has 0 saturated heterocycles. The summed E-state index contributed by atoms with van der Waals surface area (Å²) in [6, 6.07) is 23.7. The van der Waals surface area contributed by atoms with Crippen LogP contribution >= 0.6 is 22.6 Å². The number of amides is 2. The lowest BCUT2D eigenvalue weighted by molar-refractivity contribution is 0.0991. The van der Waals surface area contributed by atoms with Crippen molar-refractivity contribution < 1.29 is 9.59 Å². The number of para-hydroxylation sites is 1. The molecule has 26 heavy (non-hydrogen) atoms. The van der Waals surface area contributed by atoms with Crippen molar-refractivity contribution in [3.8, 4) is 0 Å². The van der Waals surface area contributed by atoms with Crippen molar-refractivity contribution >= 4 is 45.8 Å². The molecule has 4 nitrogen and oxygen atoms in total. The Hall–Kier alpha value is -2.67. The molecule has 5 heteroatoms. The van der Waals surface area contributed by atoms with Crippen molar-refractivity contribution in [2.45, 2.75) is 0 Å². The summed E-state index contributed by atoms with van der Waals surface area (Å²) in [5, 5.41) is 2.85. The van der Waals surface area contributed by atoms with E-state index in [1.54, 1.807) is 42.3 Å². The molecule has 0 aromatic heterocycles. The summed E-state index contributed by atoms with van der Waals surface area (Å²) in [6.07, 6.45) is 0. The summed E-state index contributed by atoms with van der Waals surface area (Å²) < 4.78 is 1.00. The third-order valence-corrected chi connectivity index (χ3v) is 4.60. The van der Waals surface area contributed by atoms with Gasteiger partial charge in [-0.25, -0.2) is 0 Å². The lowest BCUT2D eigenvalue weighted by Gasteiger charge is -2.17. The summed E-state index contributed by atoms with van der Waals surface area (Å²) >= 11 is 2.17. The molecule has 3 aromatic rings. The van der Waals surface area contributed by atoms with Crippen LogP contribution in [-0.4, -0.2) is 18.9 Å². The van der Waals surface area contributed by atoms with E-state index in [0.717, 1.165) is 9.26 Å². The van der Waals surface area contributed by atoms with Crippen molar-refractivity contribution in [2.75, 3.05) is 17.3 Å². The third-order valence-electron chi connectivity index (χ3n) is 3.92. The van der Waals surface area contributed by atoms with Crippen LogP contribution < -0.4 is 10.2 Å². The summed E-state index contributed by atoms with van der Waals surface area (Å²) in [4.78, 5) is 26.5. The lowest BCUT2D eigenvalue weighted by atomic mass is 10.1. The smallest absolute Gasteiger partial charge is 0.258 e. The zero-order valence-electron chi connectivity index (χ0n) is 14.1. The van der Waals surface area contributed by atoms with E-state index in [2.05, 4.69) is 27.9 Å². The van der Waals surface area contributed by atoms with Crippen LogP contribution in [-0.2, 0) is 0 Å². The van der Waals surface area contributed by atoms with Gasteiger partial charge < -0.3 is 10.2 Å². The molecule has 0 atom stereocenters. The first-order valence-corrected chi connectivity index (χ1v) is 9.12. The topological polar surface area (TPSA) is 49.4 Å². The highest BCUT2D eigenvalue weighted by Gasteiger charge is 2.13. The fourth-order valence-corrected chi connectivity index (χ4v) is 3.03. The van der Waals surface area contributed by atoms with Crippen molar-refractivity contribution in [1.29, 1.82) is 0 Å². The predicted molar refractivity (Wildman–Crippen MR) is 113 cm³/mol. The number of carbonyl (C=O) groups excluding carboxylic acids is 2. The second-order valence-electron chi connectivity index (χ2n) is 5.74. The van der Waals surface area contributed by atoms with Gasteiger partial charge in [-0.2, -0.15) is 0 Å². The molecule has 1 N–H and O–H groups in total. The first-order chi connectivity index (χ1) is 12.5. The van der Waals surface area contributed by atoms with Gasteiger partial charge in [-0.3, -0.25) is 9.59 Å². The van der Waals surface area contributed by atoms with Gasteiger partial charge in [0.25, 0.3) is 11.8 Å². The lowest BCUT2D eigenvalue weighted by Crippen LogP contribution is -2.26. The minimum absolute atomic E-state index is 0.105. The number of hydrogen-bond acceptors (Lipinski definition) is 2. The number of nitrogens with one attached hydrogen (secondary N) is 1. The second-order valence-corrected chi connectivity index (χ2v) is 6.99. The molecular formula is C21H17IN2O2. The zero-order valence-corrected chi connectivity index (χ0v) is 16.3. The minimum Gasteiger partial charge on any atom is -0.322 e. The molecular weight excluding hydrogens is 439 g/mol. The zero-order chi connectivity index (χ0) is 18.5. The molecule has 0 aliphatic rings. The molecule has 3 aromatic carbocycles. The summed E-state index contributed by atoms with van der Waals surface area (Å²) in [5.74, 6) is -0.282. The van der Waals surface area contributed by atoms with Gasteiger partial charge in [0.1, 0.15) is 0 Å². The number of anilines is 2. The van der Waals surface area contributed by atoms with E-state index >= 15 is 0 Å². The van der Waals surface area contributed by atoms with E-state index in [9.17, 15) is 9.59 Å². The molecule has 0 saturated carbocycles. The Labute approximate surface area is 166 Å². The highest BCUT2D eigenvalue weighted by atomic mass is 127. The normalized spacial score (nSPS) is 10.2. The van der Waals surface area contributed by atoms with Crippen molar-refractivity contribution in [3.63, 3.8) is 0 Å². The third kappa shape index (κ3) is 4.29. The van der Waals surface area contributed by atoms with Crippen LogP contribution in [0.1, 0.15) is 20.7 Å². The molecule has 3 rings (SSSR count). The molecule has 0 bridgehead atoms. The van der Waals surface area contributed by atoms with Gasteiger partial charge >= 0.3 is 0 Å². The van der Waals surface area contributed by atoms with Crippen LogP contribution in [0.5, 0.6) is 0 Å². The fourth-order valence-electron chi connectivity index (χ4n) is 2.49. The Morgan fingerprint density at radius 3 is 2.19 bits per heavy atom. The number of rotatable bonds is 4. The van der Waals surface area contributed by atoms with E-state index in [-0.39, 0.29) is 11.8 Å². The average Bonchev–Trinajstić information content (AvgIpc) is 2.68. The van der Waals surface area contributed by atoms with Gasteiger partial charge in [0.15, 0.2) is 0 Å². The van der Waals surface area contributed by atoms with E-state index in [4.69, 9.17) is 0 Å². The van der Waals surface area contributed by atoms with Crippen LogP contribution in [0.3, 0.4) is 0 Å². The number of hydrogen-bond donors (Lipinski definition) is 1. The summed E-state index contributed by atoms with van der Waals surface area (Å²) in [5.41, 5.74) is 2.63. The van der Waals surface area contributed by atoms with Crippen molar-refractivity contribution in [2.24, 2.45) is 0 Å². The van der Waals surface area contributed by atoms with Gasteiger partial charge in [0, 0.05) is 33.1 Å². The SMILES string of the molecule is CN(C(=O)c1ccc(NC(=O)c2cccc(I)c2)cc1)c1ccccc1. The predicted octanol–water partition coefficient (Wildman–Crippen LogP) is 4.82. The number of halogens is 1. The van der Waals surface area contributed by atoms with Gasteiger partial charge in [-0.1, -0.05) is 24.3 Å². The fraction of sp³-hybridized carbons (Fsp3) is 0.0476. The second kappa shape index (κ2) is 8.14. The van der Waals surface area contributed by atoms with Crippen molar-refractivity contribution in [3.05, 3.63) is 93.6 Å². The summed E-state index contributed by atoms with van der Waals surface area (Å²) in [7, 11) is 1.74. The molecule has 0 spiro atoms. The maximum atomic E-state index is 12.6. The molecule has 0 heterocycles. The van der Waals surface area contributed by atoms with Crippen LogP contribution in [0.25, 0.3) is 0 Å². The molecule has 0 fully saturated rings. The monoisotopic (exact) mass is 456 g/mol. The average molecular weight is 456 g/mol. The summed E-state index contributed by atoms with van der Waals surface area (Å²) in [6.45, 7) is 0. The Morgan fingerprint density at radius 2 is 1.54 bits per heavy atom. The molecule has 0 aliphatic heterocycles.